The van der Waals surface area contributed by atoms with Crippen LogP contribution >= 0.6 is 0 Å². The molecule has 0 aliphatic carbocycles. The summed E-state index contributed by atoms with van der Waals surface area (Å²) in [6.45, 7) is 4.40. The highest BCUT2D eigenvalue weighted by molar-refractivity contribution is 5.97. The van der Waals surface area contributed by atoms with E-state index in [1.54, 1.807) is 14.2 Å². The second-order valence-electron chi connectivity index (χ2n) is 5.94. The summed E-state index contributed by atoms with van der Waals surface area (Å²) in [6.07, 6.45) is 0. The summed E-state index contributed by atoms with van der Waals surface area (Å²) < 4.78 is 18.6. The lowest BCUT2D eigenvalue weighted by Gasteiger charge is -2.12. The van der Waals surface area contributed by atoms with E-state index in [-0.39, 0.29) is 6.79 Å². The van der Waals surface area contributed by atoms with Crippen molar-refractivity contribution in [2.75, 3.05) is 21.0 Å². The quantitative estimate of drug-likeness (QED) is 0.650. The van der Waals surface area contributed by atoms with Gasteiger partial charge >= 0.3 is 0 Å². The van der Waals surface area contributed by atoms with Gasteiger partial charge in [0.15, 0.2) is 18.3 Å². The molecule has 0 spiro atoms. The zero-order valence-corrected chi connectivity index (χ0v) is 14.8. The first kappa shape index (κ1) is 16.4. The smallest absolute Gasteiger partial charge is 0.188 e. The molecule has 3 aromatic rings. The van der Waals surface area contributed by atoms with E-state index in [4.69, 9.17) is 14.2 Å². The SMILES string of the molecule is COCOc1c(OC)ccc2c1c(C)c(-c1ccc(C)cc1)n2C. The molecule has 3 rings (SSSR count). The predicted molar refractivity (Wildman–Crippen MR) is 96.9 cm³/mol. The normalized spacial score (nSPS) is 11.0. The van der Waals surface area contributed by atoms with Gasteiger partial charge in [-0.05, 0) is 37.1 Å². The van der Waals surface area contributed by atoms with Gasteiger partial charge in [0.2, 0.25) is 0 Å². The molecule has 0 unspecified atom stereocenters. The van der Waals surface area contributed by atoms with Crippen LogP contribution in [0.25, 0.3) is 22.2 Å². The molecule has 4 nitrogen and oxygen atoms in total. The van der Waals surface area contributed by atoms with Gasteiger partial charge in [-0.25, -0.2) is 0 Å². The molecule has 0 atom stereocenters. The number of benzene rings is 2. The first-order chi connectivity index (χ1) is 11.6. The van der Waals surface area contributed by atoms with Crippen LogP contribution in [0.1, 0.15) is 11.1 Å². The van der Waals surface area contributed by atoms with Crippen LogP contribution in [0, 0.1) is 13.8 Å². The third-order valence-corrected chi connectivity index (χ3v) is 4.39. The highest BCUT2D eigenvalue weighted by Crippen LogP contribution is 2.42. The van der Waals surface area contributed by atoms with Crippen LogP contribution < -0.4 is 9.47 Å². The molecule has 0 aliphatic rings. The van der Waals surface area contributed by atoms with E-state index in [1.165, 1.54) is 22.4 Å². The summed E-state index contributed by atoms with van der Waals surface area (Å²) in [7, 11) is 5.35. The molecule has 2 aromatic carbocycles. The first-order valence-corrected chi connectivity index (χ1v) is 7.93. The van der Waals surface area contributed by atoms with Gasteiger partial charge < -0.3 is 18.8 Å². The highest BCUT2D eigenvalue weighted by atomic mass is 16.7. The number of hydrogen-bond acceptors (Lipinski definition) is 3. The lowest BCUT2D eigenvalue weighted by Crippen LogP contribution is -2.01. The monoisotopic (exact) mass is 325 g/mol. The maximum Gasteiger partial charge on any atom is 0.188 e. The molecule has 24 heavy (non-hydrogen) atoms. The Kier molecular flexibility index (Phi) is 4.49. The van der Waals surface area contributed by atoms with Gasteiger partial charge in [0.1, 0.15) is 0 Å². The van der Waals surface area contributed by atoms with Gasteiger partial charge in [-0.3, -0.25) is 0 Å². The molecular formula is C20H23NO3. The Labute approximate surface area is 142 Å². The summed E-state index contributed by atoms with van der Waals surface area (Å²) in [4.78, 5) is 0. The van der Waals surface area contributed by atoms with Gasteiger partial charge in [0, 0.05) is 19.5 Å². The summed E-state index contributed by atoms with van der Waals surface area (Å²) in [6, 6.07) is 12.6. The molecule has 1 aromatic heterocycles. The van der Waals surface area contributed by atoms with Crippen LogP contribution in [-0.2, 0) is 11.8 Å². The van der Waals surface area contributed by atoms with Crippen LogP contribution in [-0.4, -0.2) is 25.6 Å². The summed E-state index contributed by atoms with van der Waals surface area (Å²) in [5, 5.41) is 1.06. The van der Waals surface area contributed by atoms with Crippen LogP contribution in [0.5, 0.6) is 11.5 Å². The molecule has 126 valence electrons. The lowest BCUT2D eigenvalue weighted by atomic mass is 10.0. The number of rotatable bonds is 5. The molecule has 0 amide bonds. The number of methoxy groups -OCH3 is 2. The van der Waals surface area contributed by atoms with Crippen molar-refractivity contribution in [2.24, 2.45) is 7.05 Å². The highest BCUT2D eigenvalue weighted by Gasteiger charge is 2.20. The molecule has 4 heteroatoms. The number of aromatic nitrogens is 1. The maximum absolute atomic E-state index is 5.83. The molecule has 0 N–H and O–H groups in total. The van der Waals surface area contributed by atoms with E-state index in [9.17, 15) is 0 Å². The van der Waals surface area contributed by atoms with Crippen molar-refractivity contribution in [1.29, 1.82) is 0 Å². The molecule has 0 radical (unpaired) electrons. The average molecular weight is 325 g/mol. The molecule has 0 bridgehead atoms. The molecule has 1 heterocycles. The Bertz CT molecular complexity index is 863. The molecule has 0 saturated heterocycles. The minimum atomic E-state index is 0.184. The van der Waals surface area contributed by atoms with Crippen molar-refractivity contribution in [3.05, 3.63) is 47.5 Å². The molecule has 0 aliphatic heterocycles. The van der Waals surface area contributed by atoms with E-state index in [1.807, 2.05) is 6.07 Å². The number of hydrogen-bond donors (Lipinski definition) is 0. The van der Waals surface area contributed by atoms with Gasteiger partial charge in [-0.1, -0.05) is 29.8 Å². The fourth-order valence-electron chi connectivity index (χ4n) is 3.23. The second-order valence-corrected chi connectivity index (χ2v) is 5.94. The third-order valence-electron chi connectivity index (χ3n) is 4.39. The Balaban J connectivity index is 2.28. The van der Waals surface area contributed by atoms with E-state index < -0.39 is 0 Å². The van der Waals surface area contributed by atoms with E-state index in [2.05, 4.69) is 55.8 Å². The Morgan fingerprint density at radius 2 is 1.67 bits per heavy atom. The van der Waals surface area contributed by atoms with Crippen molar-refractivity contribution in [2.45, 2.75) is 13.8 Å². The van der Waals surface area contributed by atoms with Crippen LogP contribution in [0.2, 0.25) is 0 Å². The van der Waals surface area contributed by atoms with Gasteiger partial charge in [-0.2, -0.15) is 0 Å². The summed E-state index contributed by atoms with van der Waals surface area (Å²) in [5.74, 6) is 1.44. The van der Waals surface area contributed by atoms with Crippen molar-refractivity contribution in [1.82, 2.24) is 4.57 Å². The van der Waals surface area contributed by atoms with Crippen molar-refractivity contribution in [3.63, 3.8) is 0 Å². The van der Waals surface area contributed by atoms with E-state index in [0.717, 1.165) is 16.7 Å². The second kappa shape index (κ2) is 6.57. The fourth-order valence-corrected chi connectivity index (χ4v) is 3.23. The van der Waals surface area contributed by atoms with Crippen LogP contribution in [0.4, 0.5) is 0 Å². The van der Waals surface area contributed by atoms with Crippen molar-refractivity contribution in [3.8, 4) is 22.8 Å². The molecule has 0 saturated carbocycles. The molecule has 0 fully saturated rings. The van der Waals surface area contributed by atoms with Gasteiger partial charge in [0.05, 0.1) is 18.3 Å². The molecular weight excluding hydrogens is 302 g/mol. The summed E-state index contributed by atoms with van der Waals surface area (Å²) >= 11 is 0. The number of fused-ring (bicyclic) bond motifs is 1. The number of aryl methyl sites for hydroxylation is 3. The Morgan fingerprint density at radius 1 is 0.958 bits per heavy atom. The lowest BCUT2D eigenvalue weighted by molar-refractivity contribution is 0.0503. The van der Waals surface area contributed by atoms with Crippen LogP contribution in [0.3, 0.4) is 0 Å². The minimum absolute atomic E-state index is 0.184. The third kappa shape index (κ3) is 2.63. The predicted octanol–water partition coefficient (Wildman–Crippen LogP) is 4.45. The van der Waals surface area contributed by atoms with Gasteiger partial charge in [0.25, 0.3) is 0 Å². The van der Waals surface area contributed by atoms with Crippen LogP contribution in [0.15, 0.2) is 36.4 Å². The Hall–Kier alpha value is -2.46. The topological polar surface area (TPSA) is 32.6 Å². The summed E-state index contributed by atoms with van der Waals surface area (Å²) in [5.41, 5.74) is 5.89. The zero-order valence-electron chi connectivity index (χ0n) is 14.8. The average Bonchev–Trinajstić information content (AvgIpc) is 2.85. The van der Waals surface area contributed by atoms with Crippen molar-refractivity contribution >= 4 is 10.9 Å². The van der Waals surface area contributed by atoms with Crippen molar-refractivity contribution < 1.29 is 14.2 Å². The Morgan fingerprint density at radius 3 is 2.29 bits per heavy atom. The maximum atomic E-state index is 5.83. The first-order valence-electron chi connectivity index (χ1n) is 7.93. The largest absolute Gasteiger partial charge is 0.493 e. The fraction of sp³-hybridized carbons (Fsp3) is 0.300. The minimum Gasteiger partial charge on any atom is -0.493 e. The van der Waals surface area contributed by atoms with E-state index in [0.29, 0.717) is 5.75 Å². The van der Waals surface area contributed by atoms with E-state index >= 15 is 0 Å². The zero-order chi connectivity index (χ0) is 17.3. The number of nitrogens with zero attached hydrogens (tertiary/aromatic N) is 1. The standard InChI is InChI=1S/C20H23NO3/c1-13-6-8-15(9-7-13)19-14(2)18-16(21(19)3)10-11-17(23-5)20(18)24-12-22-4/h6-11H,12H2,1-5H3. The number of ether oxygens (including phenoxy) is 3. The van der Waals surface area contributed by atoms with Gasteiger partial charge in [-0.15, -0.1) is 0 Å².